The summed E-state index contributed by atoms with van der Waals surface area (Å²) >= 11 is 0. The van der Waals surface area contributed by atoms with Crippen molar-refractivity contribution in [3.63, 3.8) is 0 Å². The van der Waals surface area contributed by atoms with E-state index in [-0.39, 0.29) is 17.4 Å². The Hall–Kier alpha value is -4.53. The van der Waals surface area contributed by atoms with Crippen LogP contribution in [0.25, 0.3) is 10.8 Å². The summed E-state index contributed by atoms with van der Waals surface area (Å²) in [5, 5.41) is 11.1. The van der Waals surface area contributed by atoms with E-state index in [4.69, 9.17) is 4.74 Å². The second-order valence-corrected chi connectivity index (χ2v) is 11.7. The number of nitrogens with two attached hydrogens (primary N) is 1. The number of H-pyrrole nitrogens is 1. The van der Waals surface area contributed by atoms with Crippen LogP contribution in [-0.4, -0.2) is 90.5 Å². The van der Waals surface area contributed by atoms with Crippen molar-refractivity contribution in [1.29, 1.82) is 0 Å². The lowest BCUT2D eigenvalue weighted by Crippen LogP contribution is -2.47. The summed E-state index contributed by atoms with van der Waals surface area (Å²) in [6.07, 6.45) is 5.89. The van der Waals surface area contributed by atoms with Crippen molar-refractivity contribution in [2.45, 2.75) is 64.8 Å². The second kappa shape index (κ2) is 18.0. The van der Waals surface area contributed by atoms with Gasteiger partial charge in [0.05, 0.1) is 28.8 Å². The Labute approximate surface area is 277 Å². The van der Waals surface area contributed by atoms with Crippen LogP contribution in [0, 0.1) is 11.8 Å². The average molecular weight is 645 g/mol. The number of fused-ring (bicyclic) bond motifs is 2. The summed E-state index contributed by atoms with van der Waals surface area (Å²) in [5.74, 6) is 6.00. The lowest BCUT2D eigenvalue weighted by atomic mass is 9.98. The van der Waals surface area contributed by atoms with Crippen LogP contribution in [0.5, 0.6) is 5.75 Å². The summed E-state index contributed by atoms with van der Waals surface area (Å²) in [6.45, 7) is 8.88. The fraction of sp³-hybridized carbons (Fsp3) is 0.472. The molecule has 1 saturated heterocycles. The average Bonchev–Trinajstić information content (AvgIpc) is 3.77. The first-order valence-corrected chi connectivity index (χ1v) is 16.1. The van der Waals surface area contributed by atoms with Crippen LogP contribution in [0.2, 0.25) is 0 Å². The van der Waals surface area contributed by atoms with Gasteiger partial charge < -0.3 is 30.4 Å². The molecule has 0 bridgehead atoms. The van der Waals surface area contributed by atoms with Gasteiger partial charge in [-0.1, -0.05) is 37.1 Å². The number of likely N-dealkylation sites (N-methyl/N-ethyl adjacent to an activating group) is 1. The maximum absolute atomic E-state index is 13.3. The number of benzene rings is 2. The minimum Gasteiger partial charge on any atom is -0.492 e. The highest BCUT2D eigenvalue weighted by Crippen LogP contribution is 2.33. The smallest absolute Gasteiger partial charge is 0.272 e. The first-order chi connectivity index (χ1) is 22.7. The first kappa shape index (κ1) is 36.9. The fourth-order valence-electron chi connectivity index (χ4n) is 5.94. The number of aromatic nitrogens is 2. The van der Waals surface area contributed by atoms with Gasteiger partial charge in [0.15, 0.2) is 0 Å². The van der Waals surface area contributed by atoms with Crippen LogP contribution in [0.1, 0.15) is 73.6 Å². The molecule has 2 amide bonds. The van der Waals surface area contributed by atoms with Crippen molar-refractivity contribution in [2.24, 2.45) is 5.73 Å². The van der Waals surface area contributed by atoms with Crippen molar-refractivity contribution in [1.82, 2.24) is 25.3 Å². The molecule has 0 atom stereocenters. The molecule has 0 unspecified atom stereocenters. The highest BCUT2D eigenvalue weighted by molar-refractivity contribution is 5.98. The van der Waals surface area contributed by atoms with Crippen molar-refractivity contribution < 1.29 is 19.1 Å². The Bertz CT molecular complexity index is 1640. The molecule has 4 N–H and O–H groups in total. The molecule has 2 aromatic carbocycles. The van der Waals surface area contributed by atoms with E-state index in [9.17, 15) is 19.2 Å². The van der Waals surface area contributed by atoms with Gasteiger partial charge in [-0.15, -0.1) is 11.8 Å². The van der Waals surface area contributed by atoms with Gasteiger partial charge in [-0.25, -0.2) is 5.10 Å². The molecule has 6 rings (SSSR count). The summed E-state index contributed by atoms with van der Waals surface area (Å²) in [7, 11) is 3.57. The van der Waals surface area contributed by atoms with Crippen LogP contribution < -0.4 is 21.3 Å². The van der Waals surface area contributed by atoms with E-state index in [2.05, 4.69) is 51.1 Å². The number of hydrogen-bond donors (Lipinski definition) is 3. The zero-order chi connectivity index (χ0) is 34.4. The predicted octanol–water partition coefficient (Wildman–Crippen LogP) is 3.08. The van der Waals surface area contributed by atoms with E-state index in [1.807, 2.05) is 43.0 Å². The van der Waals surface area contributed by atoms with Gasteiger partial charge in [0.2, 0.25) is 5.91 Å². The molecule has 3 aliphatic rings. The zero-order valence-electron chi connectivity index (χ0n) is 28.3. The molecule has 0 spiro atoms. The number of amides is 2. The Balaban J connectivity index is 0.000000294. The molecule has 47 heavy (non-hydrogen) atoms. The van der Waals surface area contributed by atoms with Crippen molar-refractivity contribution in [3.05, 3.63) is 69.1 Å². The van der Waals surface area contributed by atoms with E-state index in [0.717, 1.165) is 92.5 Å². The zero-order valence-corrected chi connectivity index (χ0v) is 28.3. The molecule has 1 aliphatic carbocycles. The number of carbonyl (C=O) groups is 3. The third kappa shape index (κ3) is 9.73. The van der Waals surface area contributed by atoms with Crippen LogP contribution >= 0.6 is 0 Å². The highest BCUT2D eigenvalue weighted by atomic mass is 16.5. The molecule has 0 radical (unpaired) electrons. The third-order valence-electron chi connectivity index (χ3n) is 8.41. The molecular formula is C36H48N6O5. The Morgan fingerprint density at radius 1 is 1.06 bits per heavy atom. The van der Waals surface area contributed by atoms with E-state index in [1.165, 1.54) is 14.0 Å². The lowest BCUT2D eigenvalue weighted by Gasteiger charge is -2.32. The molecule has 1 saturated carbocycles. The van der Waals surface area contributed by atoms with Crippen LogP contribution in [0.15, 0.2) is 41.2 Å². The largest absolute Gasteiger partial charge is 0.492 e. The van der Waals surface area contributed by atoms with Crippen molar-refractivity contribution in [3.8, 4) is 17.6 Å². The van der Waals surface area contributed by atoms with Crippen molar-refractivity contribution >= 4 is 28.9 Å². The molecule has 11 nitrogen and oxygen atoms in total. The van der Waals surface area contributed by atoms with Gasteiger partial charge in [-0.05, 0) is 64.0 Å². The summed E-state index contributed by atoms with van der Waals surface area (Å²) in [5.41, 5.74) is 7.29. The first-order valence-electron chi connectivity index (χ1n) is 16.1. The molecule has 1 aromatic heterocycles. The number of aromatic amines is 1. The van der Waals surface area contributed by atoms with E-state index >= 15 is 0 Å². The van der Waals surface area contributed by atoms with E-state index < -0.39 is 5.54 Å². The number of carbonyl (C=O) groups excluding carboxylic acids is 3. The molecule has 11 heteroatoms. The minimum atomic E-state index is -0.522. The molecule has 3 heterocycles. The van der Waals surface area contributed by atoms with E-state index in [1.54, 1.807) is 6.07 Å². The number of hydrogen-bond acceptors (Lipinski definition) is 8. The number of piperazine rings is 1. The summed E-state index contributed by atoms with van der Waals surface area (Å²) < 4.78 is 5.83. The summed E-state index contributed by atoms with van der Waals surface area (Å²) in [4.78, 5) is 50.9. The monoisotopic (exact) mass is 644 g/mol. The Morgan fingerprint density at radius 2 is 1.70 bits per heavy atom. The molecule has 252 valence electrons. The Morgan fingerprint density at radius 3 is 2.30 bits per heavy atom. The standard InChI is InChI=1S/C23H24N4O3.C8H13NO2.C4H6.CH5N/c1-26-7-9-27(10-8-26)23(29)19-13-15(12-16-6-11-30-21(16)19)14-20-17-4-2-3-5-18(17)22(28)25-24-20;1-7(11)9-8(6-10)4-2-3-5-8;1-3-4-2;1-2/h2-5,12-13H,6-11,14H2,1H3,(H,25,28);6H,2-5H2,1H3,(H,9,11);1-2H3;2H2,1H3. The molecular weight excluding hydrogens is 596 g/mol. The normalized spacial score (nSPS) is 15.9. The number of aldehydes is 1. The minimum absolute atomic E-state index is 0.0300. The number of ether oxygens (including phenoxy) is 1. The van der Waals surface area contributed by atoms with Crippen LogP contribution in [0.3, 0.4) is 0 Å². The van der Waals surface area contributed by atoms with Crippen molar-refractivity contribution in [2.75, 3.05) is 46.9 Å². The molecule has 3 aromatic rings. The second-order valence-electron chi connectivity index (χ2n) is 11.7. The molecule has 2 aliphatic heterocycles. The number of nitrogens with zero attached hydrogens (tertiary/aromatic N) is 3. The SMILES string of the molecule is CC#CC.CC(=O)NC1(C=O)CCCC1.CN.CN1CCN(C(=O)c2cc(Cc3n[nH]c(=O)c4ccccc34)cc3c2OCC3)CC1. The third-order valence-corrected chi connectivity index (χ3v) is 8.41. The van der Waals surface area contributed by atoms with Gasteiger partial charge in [-0.3, -0.25) is 14.4 Å². The quantitative estimate of drug-likeness (QED) is 0.283. The van der Waals surface area contributed by atoms with Gasteiger partial charge >= 0.3 is 0 Å². The van der Waals surface area contributed by atoms with Gasteiger partial charge in [0.1, 0.15) is 12.0 Å². The molecule has 2 fully saturated rings. The predicted molar refractivity (Wildman–Crippen MR) is 185 cm³/mol. The lowest BCUT2D eigenvalue weighted by molar-refractivity contribution is -0.125. The topological polar surface area (TPSA) is 151 Å². The van der Waals surface area contributed by atoms with Gasteiger partial charge in [-0.2, -0.15) is 5.10 Å². The maximum atomic E-state index is 13.3. The maximum Gasteiger partial charge on any atom is 0.272 e. The van der Waals surface area contributed by atoms with E-state index in [0.29, 0.717) is 24.0 Å². The van der Waals surface area contributed by atoms with Gasteiger partial charge in [0, 0.05) is 51.3 Å². The highest BCUT2D eigenvalue weighted by Gasteiger charge is 2.34. The summed E-state index contributed by atoms with van der Waals surface area (Å²) in [6, 6.07) is 11.5. The van der Waals surface area contributed by atoms with Gasteiger partial charge in [0.25, 0.3) is 11.5 Å². The van der Waals surface area contributed by atoms with Crippen LogP contribution in [0.4, 0.5) is 0 Å². The Kier molecular flexibility index (Phi) is 14.1. The number of rotatable bonds is 5. The fourth-order valence-corrected chi connectivity index (χ4v) is 5.94. The number of nitrogens with one attached hydrogen (secondary N) is 2. The van der Waals surface area contributed by atoms with Crippen LogP contribution in [-0.2, 0) is 22.4 Å².